The molecule has 0 unspecified atom stereocenters. The van der Waals surface area contributed by atoms with Crippen molar-refractivity contribution in [1.82, 2.24) is 4.23 Å². The molecule has 0 N–H and O–H groups in total. The lowest BCUT2D eigenvalue weighted by atomic mass is 10.2. The van der Waals surface area contributed by atoms with Gasteiger partial charge in [0.1, 0.15) is 0 Å². The zero-order valence-electron chi connectivity index (χ0n) is 16.0. The molecule has 136 valence electrons. The van der Waals surface area contributed by atoms with Crippen LogP contribution >= 0.6 is 15.9 Å². The number of fused-ring (bicyclic) bond motifs is 1. The molecule has 0 aliphatic rings. The van der Waals surface area contributed by atoms with Gasteiger partial charge in [0.2, 0.25) is 8.24 Å². The van der Waals surface area contributed by atoms with Crippen LogP contribution in [-0.4, -0.2) is 12.5 Å². The number of aromatic nitrogens is 1. The maximum atomic E-state index is 3.62. The van der Waals surface area contributed by atoms with E-state index in [1.807, 2.05) is 0 Å². The van der Waals surface area contributed by atoms with Crippen LogP contribution in [0.3, 0.4) is 0 Å². The Morgan fingerprint density at radius 1 is 0.741 bits per heavy atom. The third kappa shape index (κ3) is 2.90. The van der Waals surface area contributed by atoms with Crippen molar-refractivity contribution in [2.75, 3.05) is 0 Å². The van der Waals surface area contributed by atoms with Gasteiger partial charge in [-0.25, -0.2) is 0 Å². The van der Waals surface area contributed by atoms with E-state index in [2.05, 4.69) is 132 Å². The first kappa shape index (κ1) is 18.3. The second kappa shape index (κ2) is 6.81. The van der Waals surface area contributed by atoms with Crippen LogP contribution in [-0.2, 0) is 0 Å². The topological polar surface area (TPSA) is 4.93 Å². The molecule has 0 aliphatic carbocycles. The molecular formula is C24H24BrNSi. The van der Waals surface area contributed by atoms with Gasteiger partial charge in [0.15, 0.2) is 0 Å². The summed E-state index contributed by atoms with van der Waals surface area (Å²) >= 11 is 3.62. The van der Waals surface area contributed by atoms with Crippen molar-refractivity contribution in [3.63, 3.8) is 0 Å². The molecule has 0 spiro atoms. The molecule has 0 aliphatic heterocycles. The van der Waals surface area contributed by atoms with Crippen LogP contribution in [0.2, 0.25) is 5.04 Å². The van der Waals surface area contributed by atoms with Crippen molar-refractivity contribution in [2.45, 2.75) is 25.8 Å². The Morgan fingerprint density at radius 2 is 1.30 bits per heavy atom. The number of benzene rings is 3. The quantitative estimate of drug-likeness (QED) is 0.359. The molecule has 0 bridgehead atoms. The zero-order chi connectivity index (χ0) is 19.1. The molecule has 0 radical (unpaired) electrons. The Kier molecular flexibility index (Phi) is 4.61. The van der Waals surface area contributed by atoms with Crippen molar-refractivity contribution in [1.29, 1.82) is 0 Å². The van der Waals surface area contributed by atoms with Crippen LogP contribution in [0.4, 0.5) is 0 Å². The smallest absolute Gasteiger partial charge is 0.230 e. The maximum absolute atomic E-state index is 3.62. The van der Waals surface area contributed by atoms with E-state index >= 15 is 0 Å². The number of hydrogen-bond donors (Lipinski definition) is 0. The van der Waals surface area contributed by atoms with Crippen molar-refractivity contribution >= 4 is 45.4 Å². The molecule has 0 amide bonds. The fourth-order valence-electron chi connectivity index (χ4n) is 4.44. The summed E-state index contributed by atoms with van der Waals surface area (Å²) in [6, 6.07) is 31.0. The van der Waals surface area contributed by atoms with Crippen LogP contribution in [0.1, 0.15) is 20.8 Å². The third-order valence-electron chi connectivity index (χ3n) is 5.48. The van der Waals surface area contributed by atoms with Crippen LogP contribution in [0.5, 0.6) is 0 Å². The molecule has 4 aromatic rings. The second-order valence-corrected chi connectivity index (χ2v) is 13.6. The van der Waals surface area contributed by atoms with Crippen LogP contribution in [0, 0.1) is 0 Å². The summed E-state index contributed by atoms with van der Waals surface area (Å²) in [4.78, 5) is 0. The number of rotatable bonds is 3. The summed E-state index contributed by atoms with van der Waals surface area (Å²) in [5, 5.41) is 4.22. The summed E-state index contributed by atoms with van der Waals surface area (Å²) in [6.07, 6.45) is 2.30. The summed E-state index contributed by atoms with van der Waals surface area (Å²) in [5.74, 6) is 0. The van der Waals surface area contributed by atoms with Crippen molar-refractivity contribution in [3.05, 3.63) is 95.6 Å². The Morgan fingerprint density at radius 3 is 1.81 bits per heavy atom. The van der Waals surface area contributed by atoms with Gasteiger partial charge in [-0.05, 0) is 51.3 Å². The Bertz CT molecular complexity index is 1020. The monoisotopic (exact) mass is 433 g/mol. The summed E-state index contributed by atoms with van der Waals surface area (Å²) < 4.78 is 3.72. The predicted octanol–water partition coefficient (Wildman–Crippen LogP) is 5.81. The van der Waals surface area contributed by atoms with E-state index in [4.69, 9.17) is 0 Å². The van der Waals surface area contributed by atoms with Gasteiger partial charge in [-0.1, -0.05) is 97.4 Å². The van der Waals surface area contributed by atoms with Crippen LogP contribution in [0.25, 0.3) is 10.9 Å². The third-order valence-corrected chi connectivity index (χ3v) is 11.6. The minimum atomic E-state index is -2.35. The molecule has 3 heteroatoms. The van der Waals surface area contributed by atoms with E-state index < -0.39 is 8.24 Å². The Hall–Kier alpha value is -2.10. The first-order valence-corrected chi connectivity index (χ1v) is 12.1. The van der Waals surface area contributed by atoms with Gasteiger partial charge in [0, 0.05) is 9.99 Å². The largest absolute Gasteiger partial charge is 0.365 e. The molecule has 27 heavy (non-hydrogen) atoms. The fraction of sp³-hybridized carbons (Fsp3) is 0.167. The lowest BCUT2D eigenvalue weighted by Gasteiger charge is -2.45. The van der Waals surface area contributed by atoms with E-state index in [-0.39, 0.29) is 5.04 Å². The highest BCUT2D eigenvalue weighted by atomic mass is 79.9. The molecule has 0 atom stereocenters. The summed E-state index contributed by atoms with van der Waals surface area (Å²) in [6.45, 7) is 7.18. The predicted molar refractivity (Wildman–Crippen MR) is 123 cm³/mol. The van der Waals surface area contributed by atoms with Crippen LogP contribution in [0.15, 0.2) is 95.6 Å². The van der Waals surface area contributed by atoms with Crippen molar-refractivity contribution < 1.29 is 0 Å². The average Bonchev–Trinajstić information content (AvgIpc) is 3.06. The number of nitrogens with zero attached hydrogens (tertiary/aromatic N) is 1. The SMILES string of the molecule is CC(C)(C)[Si](c1ccccc1)(c1ccccc1)n1ccc2cc(Br)ccc21. The highest BCUT2D eigenvalue weighted by Gasteiger charge is 2.50. The first-order valence-electron chi connectivity index (χ1n) is 9.33. The van der Waals surface area contributed by atoms with Gasteiger partial charge in [-0.2, -0.15) is 0 Å². The van der Waals surface area contributed by atoms with E-state index in [1.165, 1.54) is 21.3 Å². The van der Waals surface area contributed by atoms with Gasteiger partial charge in [-0.15, -0.1) is 0 Å². The van der Waals surface area contributed by atoms with Crippen molar-refractivity contribution in [2.24, 2.45) is 0 Å². The Labute approximate surface area is 170 Å². The minimum absolute atomic E-state index is 0.0781. The van der Waals surface area contributed by atoms with Gasteiger partial charge in [-0.3, -0.25) is 0 Å². The summed E-state index contributed by atoms with van der Waals surface area (Å²) in [5.41, 5.74) is 1.30. The van der Waals surface area contributed by atoms with Gasteiger partial charge in [0.25, 0.3) is 0 Å². The second-order valence-electron chi connectivity index (χ2n) is 8.08. The van der Waals surface area contributed by atoms with E-state index in [0.717, 1.165) is 4.47 Å². The zero-order valence-corrected chi connectivity index (χ0v) is 18.6. The Balaban J connectivity index is 2.16. The number of halogens is 1. The lowest BCUT2D eigenvalue weighted by molar-refractivity contribution is 0.716. The van der Waals surface area contributed by atoms with Gasteiger partial charge in [0.05, 0.1) is 0 Å². The highest BCUT2D eigenvalue weighted by molar-refractivity contribution is 9.10. The van der Waals surface area contributed by atoms with Gasteiger partial charge >= 0.3 is 0 Å². The molecule has 3 aromatic carbocycles. The van der Waals surface area contributed by atoms with Gasteiger partial charge < -0.3 is 4.23 Å². The first-order chi connectivity index (χ1) is 12.9. The molecule has 1 nitrogen and oxygen atoms in total. The fourth-order valence-corrected chi connectivity index (χ4v) is 10.4. The maximum Gasteiger partial charge on any atom is 0.230 e. The molecule has 1 aromatic heterocycles. The van der Waals surface area contributed by atoms with Crippen molar-refractivity contribution in [3.8, 4) is 0 Å². The highest BCUT2D eigenvalue weighted by Crippen LogP contribution is 2.39. The van der Waals surface area contributed by atoms with E-state index in [9.17, 15) is 0 Å². The standard InChI is InChI=1S/C24H24BrNSi/c1-24(2,3)27(21-10-6-4-7-11-21,22-12-8-5-9-13-22)26-17-16-19-18-20(25)14-15-23(19)26/h4-18H,1-3H3. The molecule has 0 saturated heterocycles. The van der Waals surface area contributed by atoms with E-state index in [0.29, 0.717) is 0 Å². The molecule has 1 heterocycles. The average molecular weight is 434 g/mol. The molecule has 0 fully saturated rings. The molecular weight excluding hydrogens is 410 g/mol. The number of hydrogen-bond acceptors (Lipinski definition) is 0. The lowest BCUT2D eigenvalue weighted by Crippen LogP contribution is -2.69. The van der Waals surface area contributed by atoms with Crippen LogP contribution < -0.4 is 10.4 Å². The minimum Gasteiger partial charge on any atom is -0.365 e. The van der Waals surface area contributed by atoms with E-state index in [1.54, 1.807) is 0 Å². The normalized spacial score (nSPS) is 12.4. The molecule has 4 rings (SSSR count). The summed E-state index contributed by atoms with van der Waals surface area (Å²) in [7, 11) is -2.35. The molecule has 0 saturated carbocycles.